The fourth-order valence-electron chi connectivity index (χ4n) is 4.46. The van der Waals surface area contributed by atoms with E-state index in [0.29, 0.717) is 43.0 Å². The molecule has 0 spiro atoms. The van der Waals surface area contributed by atoms with Gasteiger partial charge in [0.05, 0.1) is 38.8 Å². The van der Waals surface area contributed by atoms with Gasteiger partial charge in [0.2, 0.25) is 11.8 Å². The number of aliphatic hydroxyl groups is 1. The van der Waals surface area contributed by atoms with Crippen molar-refractivity contribution in [1.29, 1.82) is 0 Å². The van der Waals surface area contributed by atoms with E-state index < -0.39 is 6.10 Å². The van der Waals surface area contributed by atoms with E-state index in [9.17, 15) is 14.7 Å². The summed E-state index contributed by atoms with van der Waals surface area (Å²) in [6, 6.07) is 3.59. The van der Waals surface area contributed by atoms with Gasteiger partial charge in [0.1, 0.15) is 11.5 Å². The molecule has 1 aromatic carbocycles. The first-order valence-electron chi connectivity index (χ1n) is 9.19. The first-order valence-corrected chi connectivity index (χ1v) is 9.19. The van der Waals surface area contributed by atoms with Gasteiger partial charge in [-0.2, -0.15) is 0 Å². The number of amides is 2. The minimum atomic E-state index is -0.782. The highest BCUT2D eigenvalue weighted by molar-refractivity contribution is 6.05. The number of nitrogens with zero attached hydrogens (tertiary/aromatic N) is 2. The number of allylic oxidation sites excluding steroid dienone is 2. The monoisotopic (exact) mass is 372 g/mol. The molecule has 27 heavy (non-hydrogen) atoms. The van der Waals surface area contributed by atoms with Crippen LogP contribution in [0.3, 0.4) is 0 Å². The topological polar surface area (TPSA) is 79.3 Å². The van der Waals surface area contributed by atoms with Gasteiger partial charge in [-0.3, -0.25) is 19.4 Å². The van der Waals surface area contributed by atoms with Gasteiger partial charge in [0.25, 0.3) is 0 Å². The summed E-state index contributed by atoms with van der Waals surface area (Å²) in [7, 11) is 3.15. The van der Waals surface area contributed by atoms with Crippen LogP contribution in [0, 0.1) is 11.8 Å². The number of imide groups is 1. The van der Waals surface area contributed by atoms with E-state index in [1.807, 2.05) is 17.1 Å². The zero-order valence-electron chi connectivity index (χ0n) is 15.6. The Morgan fingerprint density at radius 3 is 2.22 bits per heavy atom. The molecule has 0 radical (unpaired) electrons. The molecule has 7 nitrogen and oxygen atoms in total. The van der Waals surface area contributed by atoms with E-state index in [0.717, 1.165) is 5.56 Å². The quantitative estimate of drug-likeness (QED) is 0.637. The minimum absolute atomic E-state index is 0.104. The number of carbonyl (C=O) groups excluding carboxylic acids is 2. The Bertz CT molecular complexity index is 780. The maximum atomic E-state index is 12.7. The molecule has 0 unspecified atom stereocenters. The summed E-state index contributed by atoms with van der Waals surface area (Å²) >= 11 is 0. The second-order valence-corrected chi connectivity index (χ2v) is 7.29. The van der Waals surface area contributed by atoms with E-state index in [4.69, 9.17) is 9.47 Å². The Labute approximate surface area is 158 Å². The molecule has 2 amide bonds. The Morgan fingerprint density at radius 2 is 1.63 bits per heavy atom. The summed E-state index contributed by atoms with van der Waals surface area (Å²) in [6.07, 6.45) is 4.43. The van der Waals surface area contributed by atoms with Crippen molar-refractivity contribution in [2.45, 2.75) is 25.5 Å². The van der Waals surface area contributed by atoms with Crippen LogP contribution in [0.15, 0.2) is 24.3 Å². The van der Waals surface area contributed by atoms with Crippen molar-refractivity contribution in [1.82, 2.24) is 9.80 Å². The first kappa shape index (κ1) is 18.0. The Balaban J connectivity index is 1.57. The summed E-state index contributed by atoms with van der Waals surface area (Å²) in [5, 5.41) is 10.7. The molecule has 1 fully saturated rings. The molecule has 0 bridgehead atoms. The van der Waals surface area contributed by atoms with Crippen LogP contribution in [-0.4, -0.2) is 54.2 Å². The zero-order valence-corrected chi connectivity index (χ0v) is 15.6. The number of methoxy groups -OCH3 is 2. The smallest absolute Gasteiger partial charge is 0.234 e. The van der Waals surface area contributed by atoms with E-state index in [1.54, 1.807) is 26.4 Å². The summed E-state index contributed by atoms with van der Waals surface area (Å²) in [5.41, 5.74) is 1.54. The lowest BCUT2D eigenvalue weighted by atomic mass is 9.85. The van der Waals surface area contributed by atoms with Gasteiger partial charge in [-0.25, -0.2) is 0 Å². The number of carbonyl (C=O) groups is 2. The lowest BCUT2D eigenvalue weighted by molar-refractivity contribution is -0.143. The van der Waals surface area contributed by atoms with Gasteiger partial charge in [-0.1, -0.05) is 12.2 Å². The third kappa shape index (κ3) is 2.91. The van der Waals surface area contributed by atoms with Gasteiger partial charge in [-0.15, -0.1) is 0 Å². The number of fused-ring (bicyclic) bond motifs is 2. The average molecular weight is 372 g/mol. The van der Waals surface area contributed by atoms with Crippen molar-refractivity contribution < 1.29 is 24.2 Å². The number of β-amino-alcohol motifs (C(OH)–C–C–N with tert-alkyl or cyclic N) is 1. The fourth-order valence-corrected chi connectivity index (χ4v) is 4.46. The molecule has 3 atom stereocenters. The molecule has 2 aliphatic heterocycles. The summed E-state index contributed by atoms with van der Waals surface area (Å²) in [4.78, 5) is 28.7. The van der Waals surface area contributed by atoms with Crippen molar-refractivity contribution in [3.63, 3.8) is 0 Å². The van der Waals surface area contributed by atoms with Crippen LogP contribution in [-0.2, 0) is 16.1 Å². The van der Waals surface area contributed by atoms with Crippen molar-refractivity contribution >= 4 is 11.8 Å². The lowest BCUT2D eigenvalue weighted by Gasteiger charge is -2.35. The van der Waals surface area contributed by atoms with Crippen LogP contribution in [0.4, 0.5) is 0 Å². The van der Waals surface area contributed by atoms with Crippen LogP contribution in [0.25, 0.3) is 0 Å². The highest BCUT2D eigenvalue weighted by Gasteiger charge is 2.47. The molecule has 4 rings (SSSR count). The van der Waals surface area contributed by atoms with Crippen LogP contribution < -0.4 is 9.47 Å². The van der Waals surface area contributed by atoms with Gasteiger partial charge in [0.15, 0.2) is 0 Å². The molecule has 1 N–H and O–H groups in total. The molecule has 0 saturated carbocycles. The summed E-state index contributed by atoms with van der Waals surface area (Å²) < 4.78 is 10.8. The zero-order chi connectivity index (χ0) is 19.1. The molecule has 1 saturated heterocycles. The Morgan fingerprint density at radius 1 is 1.04 bits per heavy atom. The summed E-state index contributed by atoms with van der Waals surface area (Å²) in [5.74, 6) is 0.590. The van der Waals surface area contributed by atoms with E-state index >= 15 is 0 Å². The van der Waals surface area contributed by atoms with Gasteiger partial charge in [-0.05, 0) is 25.0 Å². The van der Waals surface area contributed by atoms with Crippen LogP contribution in [0.2, 0.25) is 0 Å². The SMILES string of the molecule is COc1ccc(OC)c2c1CN(CN1C(=O)[C@H]3CC=CC[C@H]3C1=O)C[C@@H]2O. The van der Waals surface area contributed by atoms with Gasteiger partial charge < -0.3 is 14.6 Å². The molecule has 1 aromatic rings. The molecular formula is C20H24N2O5. The van der Waals surface area contributed by atoms with Crippen LogP contribution in [0.1, 0.15) is 30.1 Å². The van der Waals surface area contributed by atoms with Crippen molar-refractivity contribution in [2.24, 2.45) is 11.8 Å². The Kier molecular flexibility index (Phi) is 4.65. The third-order valence-corrected chi connectivity index (χ3v) is 5.80. The predicted octanol–water partition coefficient (Wildman–Crippen LogP) is 1.46. The predicted molar refractivity (Wildman–Crippen MR) is 97.0 cm³/mol. The van der Waals surface area contributed by atoms with E-state index in [2.05, 4.69) is 0 Å². The van der Waals surface area contributed by atoms with Gasteiger partial charge >= 0.3 is 0 Å². The largest absolute Gasteiger partial charge is 0.496 e. The maximum absolute atomic E-state index is 12.7. The second kappa shape index (κ2) is 6.98. The maximum Gasteiger partial charge on any atom is 0.234 e. The van der Waals surface area contributed by atoms with Crippen LogP contribution >= 0.6 is 0 Å². The molecule has 144 valence electrons. The summed E-state index contributed by atoms with van der Waals surface area (Å²) in [6.45, 7) is 0.972. The number of ether oxygens (including phenoxy) is 2. The van der Waals surface area contributed by atoms with Crippen molar-refractivity contribution in [3.05, 3.63) is 35.4 Å². The minimum Gasteiger partial charge on any atom is -0.496 e. The molecule has 3 aliphatic rings. The van der Waals surface area contributed by atoms with Crippen molar-refractivity contribution in [3.8, 4) is 11.5 Å². The first-order chi connectivity index (χ1) is 13.0. The number of hydrogen-bond donors (Lipinski definition) is 1. The molecule has 7 heteroatoms. The van der Waals surface area contributed by atoms with Crippen LogP contribution in [0.5, 0.6) is 11.5 Å². The highest BCUT2D eigenvalue weighted by atomic mass is 16.5. The molecular weight excluding hydrogens is 348 g/mol. The normalized spacial score (nSPS) is 27.5. The lowest BCUT2D eigenvalue weighted by Crippen LogP contribution is -2.45. The average Bonchev–Trinajstić information content (AvgIpc) is 2.92. The standard InChI is InChI=1S/C20H24N2O5/c1-26-16-7-8-17(27-2)18-14(16)9-21(10-15(18)23)11-22-19(24)12-5-3-4-6-13(12)20(22)25/h3-4,7-8,12-13,15,23H,5-6,9-11H2,1-2H3/t12-,13+,15-/m0/s1. The molecule has 0 aromatic heterocycles. The number of benzene rings is 1. The van der Waals surface area contributed by atoms with Crippen molar-refractivity contribution in [2.75, 3.05) is 27.4 Å². The van der Waals surface area contributed by atoms with E-state index in [1.165, 1.54) is 4.90 Å². The fraction of sp³-hybridized carbons (Fsp3) is 0.500. The van der Waals surface area contributed by atoms with Gasteiger partial charge in [0, 0.05) is 24.2 Å². The third-order valence-electron chi connectivity index (χ3n) is 5.80. The number of hydrogen-bond acceptors (Lipinski definition) is 6. The number of rotatable bonds is 4. The molecule has 1 aliphatic carbocycles. The molecule has 2 heterocycles. The number of likely N-dealkylation sites (tertiary alicyclic amines) is 1. The second-order valence-electron chi connectivity index (χ2n) is 7.29. The highest BCUT2D eigenvalue weighted by Crippen LogP contribution is 2.40. The van der Waals surface area contributed by atoms with E-state index in [-0.39, 0.29) is 30.3 Å². The Hall–Kier alpha value is -2.38. The number of aliphatic hydroxyl groups excluding tert-OH is 1.